The van der Waals surface area contributed by atoms with Crippen molar-refractivity contribution in [2.75, 3.05) is 37.7 Å². The standard InChI is InChI=1S/C25H29N5O3S/c31-25-24(33-18-20-6-4-7-20)23(17-27-30(25)22-9-2-1-3-10-22)28-12-14-29(15-13-28)34(32)19-21-8-5-11-26-16-21/h1-3,5,8-11,16-17,20H,4,6-7,12-15,18-19H2. The third-order valence-corrected chi connectivity index (χ3v) is 8.01. The highest BCUT2D eigenvalue weighted by molar-refractivity contribution is 7.88. The van der Waals surface area contributed by atoms with Crippen LogP contribution in [0.1, 0.15) is 24.8 Å². The first-order valence-electron chi connectivity index (χ1n) is 11.8. The molecule has 0 amide bonds. The Bertz CT molecular complexity index is 1130. The lowest BCUT2D eigenvalue weighted by atomic mass is 9.86. The van der Waals surface area contributed by atoms with E-state index in [1.165, 1.54) is 11.1 Å². The Morgan fingerprint density at radius 1 is 1.03 bits per heavy atom. The zero-order valence-electron chi connectivity index (χ0n) is 19.1. The highest BCUT2D eigenvalue weighted by Gasteiger charge is 2.29. The summed E-state index contributed by atoms with van der Waals surface area (Å²) in [5.41, 5.74) is 2.15. The summed E-state index contributed by atoms with van der Waals surface area (Å²) in [6, 6.07) is 13.2. The van der Waals surface area contributed by atoms with Gasteiger partial charge < -0.3 is 14.2 Å². The van der Waals surface area contributed by atoms with Gasteiger partial charge in [-0.25, -0.2) is 0 Å². The minimum Gasteiger partial charge on any atom is -0.598 e. The number of ether oxygens (including phenoxy) is 1. The van der Waals surface area contributed by atoms with Crippen LogP contribution in [0.3, 0.4) is 0 Å². The van der Waals surface area contributed by atoms with Crippen LogP contribution in [0.25, 0.3) is 5.69 Å². The second-order valence-corrected chi connectivity index (χ2v) is 10.2. The van der Waals surface area contributed by atoms with Gasteiger partial charge in [-0.3, -0.25) is 9.78 Å². The fraction of sp³-hybridized carbons (Fsp3) is 0.400. The van der Waals surface area contributed by atoms with Gasteiger partial charge in [0.15, 0.2) is 5.75 Å². The SMILES string of the molecule is O=c1c(OCC2CCC2)c(N2CCN([S+]([O-])Cc3cccnc3)CC2)cnn1-c1ccccc1. The second-order valence-electron chi connectivity index (χ2n) is 8.76. The lowest BCUT2D eigenvalue weighted by molar-refractivity contribution is 0.178. The van der Waals surface area contributed by atoms with E-state index in [-0.39, 0.29) is 5.56 Å². The van der Waals surface area contributed by atoms with E-state index in [1.807, 2.05) is 46.8 Å². The zero-order valence-corrected chi connectivity index (χ0v) is 19.9. The number of hydrogen-bond donors (Lipinski definition) is 0. The van der Waals surface area contributed by atoms with Crippen LogP contribution >= 0.6 is 0 Å². The first kappa shape index (κ1) is 22.9. The third kappa shape index (κ3) is 5.11. The van der Waals surface area contributed by atoms with Crippen LogP contribution in [0.2, 0.25) is 0 Å². The fourth-order valence-corrected chi connectivity index (χ4v) is 5.46. The highest BCUT2D eigenvalue weighted by Crippen LogP contribution is 2.30. The second kappa shape index (κ2) is 10.6. The molecule has 0 N–H and O–H groups in total. The molecule has 3 aromatic rings. The van der Waals surface area contributed by atoms with Crippen molar-refractivity contribution in [3.8, 4) is 11.4 Å². The van der Waals surface area contributed by atoms with E-state index >= 15 is 0 Å². The lowest BCUT2D eigenvalue weighted by Crippen LogP contribution is -2.49. The molecular weight excluding hydrogens is 450 g/mol. The van der Waals surface area contributed by atoms with Crippen LogP contribution in [0, 0.1) is 5.92 Å². The molecule has 3 heterocycles. The van der Waals surface area contributed by atoms with E-state index < -0.39 is 11.4 Å². The average molecular weight is 480 g/mol. The Hall–Kier alpha value is -2.88. The molecule has 1 aliphatic carbocycles. The largest absolute Gasteiger partial charge is 0.598 e. The molecule has 5 rings (SSSR count). The number of anilines is 1. The van der Waals surface area contributed by atoms with E-state index in [0.717, 1.165) is 18.4 Å². The first-order valence-corrected chi connectivity index (χ1v) is 13.0. The van der Waals surface area contributed by atoms with Crippen molar-refractivity contribution in [1.29, 1.82) is 0 Å². The zero-order chi connectivity index (χ0) is 23.3. The maximum Gasteiger partial charge on any atom is 0.316 e. The summed E-state index contributed by atoms with van der Waals surface area (Å²) >= 11 is -1.12. The van der Waals surface area contributed by atoms with Gasteiger partial charge in [-0.1, -0.05) is 30.7 Å². The van der Waals surface area contributed by atoms with Crippen molar-refractivity contribution >= 4 is 17.0 Å². The van der Waals surface area contributed by atoms with E-state index in [2.05, 4.69) is 15.0 Å². The van der Waals surface area contributed by atoms with E-state index in [9.17, 15) is 9.35 Å². The number of aromatic nitrogens is 3. The first-order chi connectivity index (χ1) is 16.7. The summed E-state index contributed by atoms with van der Waals surface area (Å²) < 4.78 is 22.4. The highest BCUT2D eigenvalue weighted by atomic mass is 32.2. The fourth-order valence-electron chi connectivity index (χ4n) is 4.25. The topological polar surface area (TPSA) is 86.6 Å². The Kier molecular flexibility index (Phi) is 7.13. The number of pyridine rings is 1. The summed E-state index contributed by atoms with van der Waals surface area (Å²) in [6.07, 6.45) is 8.72. The summed E-state index contributed by atoms with van der Waals surface area (Å²) in [5, 5.41) is 4.46. The van der Waals surface area contributed by atoms with Crippen LogP contribution < -0.4 is 15.2 Å². The van der Waals surface area contributed by atoms with E-state index in [0.29, 0.717) is 61.6 Å². The molecule has 1 saturated carbocycles. The van der Waals surface area contributed by atoms with Crippen molar-refractivity contribution in [2.45, 2.75) is 25.0 Å². The van der Waals surface area contributed by atoms with Crippen LogP contribution in [0.5, 0.6) is 5.75 Å². The molecular formula is C25H29N5O3S. The number of nitrogens with zero attached hydrogens (tertiary/aromatic N) is 5. The number of hydrogen-bond acceptors (Lipinski definition) is 7. The maximum absolute atomic E-state index is 13.4. The van der Waals surface area contributed by atoms with Crippen LogP contribution in [-0.2, 0) is 17.1 Å². The Balaban J connectivity index is 1.32. The Morgan fingerprint density at radius 3 is 2.50 bits per heavy atom. The summed E-state index contributed by atoms with van der Waals surface area (Å²) in [7, 11) is 0. The Labute approximate surface area is 202 Å². The van der Waals surface area contributed by atoms with Crippen molar-refractivity contribution in [2.24, 2.45) is 5.92 Å². The van der Waals surface area contributed by atoms with Crippen LogP contribution in [0.4, 0.5) is 5.69 Å². The van der Waals surface area contributed by atoms with Gasteiger partial charge in [0.05, 0.1) is 31.6 Å². The summed E-state index contributed by atoms with van der Waals surface area (Å²) in [4.78, 5) is 19.6. The van der Waals surface area contributed by atoms with Gasteiger partial charge in [0, 0.05) is 42.4 Å². The van der Waals surface area contributed by atoms with Crippen molar-refractivity contribution in [3.05, 3.63) is 77.0 Å². The molecule has 178 valence electrons. The van der Waals surface area contributed by atoms with Crippen molar-refractivity contribution in [3.63, 3.8) is 0 Å². The molecule has 8 nitrogen and oxygen atoms in total. The van der Waals surface area contributed by atoms with Gasteiger partial charge in [0.2, 0.25) is 5.75 Å². The van der Waals surface area contributed by atoms with Crippen molar-refractivity contribution in [1.82, 2.24) is 19.1 Å². The number of rotatable bonds is 8. The van der Waals surface area contributed by atoms with Gasteiger partial charge in [0.25, 0.3) is 0 Å². The minimum atomic E-state index is -1.12. The lowest BCUT2D eigenvalue weighted by Gasteiger charge is -2.36. The molecule has 1 aliphatic heterocycles. The molecule has 34 heavy (non-hydrogen) atoms. The molecule has 0 radical (unpaired) electrons. The Morgan fingerprint density at radius 2 is 1.82 bits per heavy atom. The van der Waals surface area contributed by atoms with Gasteiger partial charge in [-0.05, 0) is 37.0 Å². The molecule has 1 saturated heterocycles. The quantitative estimate of drug-likeness (QED) is 0.459. The molecule has 2 fully saturated rings. The minimum absolute atomic E-state index is 0.245. The number of piperazine rings is 1. The average Bonchev–Trinajstić information content (AvgIpc) is 2.85. The third-order valence-electron chi connectivity index (χ3n) is 6.48. The number of para-hydroxylation sites is 1. The van der Waals surface area contributed by atoms with Crippen LogP contribution in [0.15, 0.2) is 65.8 Å². The van der Waals surface area contributed by atoms with Gasteiger partial charge in [-0.2, -0.15) is 9.78 Å². The molecule has 2 aromatic heterocycles. The molecule has 0 bridgehead atoms. The molecule has 1 unspecified atom stereocenters. The van der Waals surface area contributed by atoms with Gasteiger partial charge in [-0.15, -0.1) is 4.31 Å². The van der Waals surface area contributed by atoms with Crippen LogP contribution in [-0.4, -0.2) is 56.4 Å². The molecule has 9 heteroatoms. The molecule has 1 aromatic carbocycles. The normalized spacial score (nSPS) is 17.9. The van der Waals surface area contributed by atoms with Crippen molar-refractivity contribution < 1.29 is 9.29 Å². The summed E-state index contributed by atoms with van der Waals surface area (Å²) in [6.45, 7) is 3.12. The molecule has 1 atom stereocenters. The predicted molar refractivity (Wildman–Crippen MR) is 133 cm³/mol. The predicted octanol–water partition coefficient (Wildman–Crippen LogP) is 2.79. The van der Waals surface area contributed by atoms with Gasteiger partial charge in [0.1, 0.15) is 5.69 Å². The van der Waals surface area contributed by atoms with Gasteiger partial charge >= 0.3 is 5.56 Å². The molecule has 2 aliphatic rings. The maximum atomic E-state index is 13.4. The smallest absolute Gasteiger partial charge is 0.316 e. The molecule has 0 spiro atoms. The summed E-state index contributed by atoms with van der Waals surface area (Å²) in [5.74, 6) is 1.33. The van der Waals surface area contributed by atoms with E-state index in [4.69, 9.17) is 4.74 Å². The van der Waals surface area contributed by atoms with E-state index in [1.54, 1.807) is 18.6 Å². The monoisotopic (exact) mass is 479 g/mol. The number of benzene rings is 1.